The first-order valence-corrected chi connectivity index (χ1v) is 22.7. The van der Waals surface area contributed by atoms with Crippen LogP contribution < -0.4 is 5.73 Å². The van der Waals surface area contributed by atoms with Crippen molar-refractivity contribution in [2.45, 2.75) is 167 Å². The highest BCUT2D eigenvalue weighted by atomic mass is 31.2. The van der Waals surface area contributed by atoms with Gasteiger partial charge in [0.2, 0.25) is 0 Å². The van der Waals surface area contributed by atoms with E-state index in [4.69, 9.17) is 24.8 Å². The van der Waals surface area contributed by atoms with Gasteiger partial charge in [0.1, 0.15) is 12.6 Å². The van der Waals surface area contributed by atoms with Crippen LogP contribution in [0.1, 0.15) is 142 Å². The van der Waals surface area contributed by atoms with Gasteiger partial charge in [0.25, 0.3) is 0 Å². The van der Waals surface area contributed by atoms with Crippen LogP contribution in [0.3, 0.4) is 0 Å². The van der Waals surface area contributed by atoms with Gasteiger partial charge in [0.15, 0.2) is 6.10 Å². The van der Waals surface area contributed by atoms with E-state index >= 15 is 0 Å². The molecule has 0 spiro atoms. The van der Waals surface area contributed by atoms with Crippen LogP contribution in [-0.4, -0.2) is 82.3 Å². The summed E-state index contributed by atoms with van der Waals surface area (Å²) in [6, 6.07) is -1.56. The maximum Gasteiger partial charge on any atom is 0.472 e. The highest BCUT2D eigenvalue weighted by molar-refractivity contribution is 7.47. The lowest BCUT2D eigenvalue weighted by Gasteiger charge is -2.20. The van der Waals surface area contributed by atoms with E-state index in [0.717, 1.165) is 57.8 Å². The van der Waals surface area contributed by atoms with Gasteiger partial charge in [-0.05, 0) is 70.6 Å². The standard InChI is InChI=1S/C44H74NO12P/c1-3-5-7-9-11-12-13-14-15-16-17-18-19-21-27-33-43(49)57-40(36-55-58(52,53)56-37-41(45)44(50)51)35-54-42(48)34-28-32-39(47)31-26-23-22-25-30-38(46)29-24-20-10-8-6-4-2/h11-12,14-15,20,22-26,30-31,38-41,46-47H,3-10,13,16-19,21,27-29,32-37,45H2,1-2H3,(H,50,51)(H,52,53)/b12-11-,15-14-,23-22+,24-20-,30-25+,31-26-/t38-,39-,40-,41+/m1/s1. The van der Waals surface area contributed by atoms with E-state index < -0.39 is 69.9 Å². The van der Waals surface area contributed by atoms with Crippen molar-refractivity contribution in [2.24, 2.45) is 5.73 Å². The Morgan fingerprint density at radius 1 is 0.638 bits per heavy atom. The fourth-order valence-corrected chi connectivity index (χ4v) is 5.95. The molecule has 14 heteroatoms. The van der Waals surface area contributed by atoms with E-state index in [9.17, 15) is 34.1 Å². The zero-order valence-corrected chi connectivity index (χ0v) is 36.0. The van der Waals surface area contributed by atoms with E-state index in [1.807, 2.05) is 6.08 Å². The van der Waals surface area contributed by atoms with Crippen LogP contribution >= 0.6 is 7.82 Å². The van der Waals surface area contributed by atoms with Gasteiger partial charge < -0.3 is 35.4 Å². The summed E-state index contributed by atoms with van der Waals surface area (Å²) in [6.07, 6.45) is 37.4. The number of carbonyl (C=O) groups is 3. The predicted octanol–water partition coefficient (Wildman–Crippen LogP) is 8.89. The Kier molecular flexibility index (Phi) is 36.0. The Bertz CT molecular complexity index is 1290. The number of hydrogen-bond acceptors (Lipinski definition) is 11. The highest BCUT2D eigenvalue weighted by Gasteiger charge is 2.28. The average molecular weight is 840 g/mol. The number of allylic oxidation sites excluding steroid dienone is 9. The second kappa shape index (κ2) is 38.1. The lowest BCUT2D eigenvalue weighted by molar-refractivity contribution is -0.161. The third-order valence-electron chi connectivity index (χ3n) is 8.62. The number of ether oxygens (including phenoxy) is 2. The van der Waals surface area contributed by atoms with E-state index in [-0.39, 0.29) is 19.3 Å². The first-order valence-electron chi connectivity index (χ1n) is 21.2. The van der Waals surface area contributed by atoms with Gasteiger partial charge in [-0.2, -0.15) is 0 Å². The lowest BCUT2D eigenvalue weighted by Crippen LogP contribution is -2.34. The number of rotatable bonds is 38. The van der Waals surface area contributed by atoms with Crippen molar-refractivity contribution in [1.82, 2.24) is 0 Å². The van der Waals surface area contributed by atoms with Gasteiger partial charge in [-0.3, -0.25) is 23.4 Å². The Morgan fingerprint density at radius 3 is 1.79 bits per heavy atom. The van der Waals surface area contributed by atoms with Crippen molar-refractivity contribution in [3.63, 3.8) is 0 Å². The number of carbonyl (C=O) groups excluding carboxylic acids is 2. The molecule has 13 nitrogen and oxygen atoms in total. The number of aliphatic hydroxyl groups excluding tert-OH is 2. The second-order valence-corrected chi connectivity index (χ2v) is 15.6. The number of hydrogen-bond donors (Lipinski definition) is 5. The average Bonchev–Trinajstić information content (AvgIpc) is 3.19. The van der Waals surface area contributed by atoms with E-state index in [1.54, 1.807) is 36.5 Å². The fourth-order valence-electron chi connectivity index (χ4n) is 5.17. The number of nitrogens with two attached hydrogens (primary N) is 1. The topological polar surface area (TPSA) is 212 Å². The fraction of sp³-hybridized carbons (Fsp3) is 0.659. The van der Waals surface area contributed by atoms with Gasteiger partial charge in [-0.1, -0.05) is 132 Å². The molecule has 0 saturated heterocycles. The largest absolute Gasteiger partial charge is 0.480 e. The molecule has 0 rings (SSSR count). The van der Waals surface area contributed by atoms with Gasteiger partial charge in [0, 0.05) is 12.8 Å². The smallest absolute Gasteiger partial charge is 0.472 e. The second-order valence-electron chi connectivity index (χ2n) is 14.2. The van der Waals surface area contributed by atoms with Crippen LogP contribution in [0, 0.1) is 0 Å². The maximum atomic E-state index is 12.6. The van der Waals surface area contributed by atoms with E-state index in [2.05, 4.69) is 48.8 Å². The first-order chi connectivity index (χ1) is 27.9. The SMILES string of the molecule is CCCCC/C=C\C/C=C\CCCCCCCC(=O)O[C@H](COC(=O)CCC[C@H](O)\C=C/C=C/C=C/[C@H](O)C/C=C\CCCCC)COP(=O)(O)OC[C@H](N)C(=O)O. The van der Waals surface area contributed by atoms with Crippen LogP contribution in [0.4, 0.5) is 0 Å². The quantitative estimate of drug-likeness (QED) is 0.0129. The van der Waals surface area contributed by atoms with Crippen molar-refractivity contribution in [2.75, 3.05) is 19.8 Å². The molecule has 58 heavy (non-hydrogen) atoms. The molecule has 332 valence electrons. The first kappa shape index (κ1) is 54.8. The molecule has 0 heterocycles. The molecule has 0 radical (unpaired) electrons. The molecular weight excluding hydrogens is 765 g/mol. The molecule has 5 atom stereocenters. The van der Waals surface area contributed by atoms with Crippen molar-refractivity contribution in [3.05, 3.63) is 72.9 Å². The third-order valence-corrected chi connectivity index (χ3v) is 9.57. The minimum absolute atomic E-state index is 0.0451. The third kappa shape index (κ3) is 37.1. The zero-order valence-electron chi connectivity index (χ0n) is 35.1. The summed E-state index contributed by atoms with van der Waals surface area (Å²) in [7, 11) is -4.78. The molecule has 0 aromatic heterocycles. The summed E-state index contributed by atoms with van der Waals surface area (Å²) < 4.78 is 32.5. The summed E-state index contributed by atoms with van der Waals surface area (Å²) in [4.78, 5) is 45.9. The minimum Gasteiger partial charge on any atom is -0.480 e. The molecule has 0 aliphatic rings. The number of esters is 2. The Balaban J connectivity index is 4.68. The Morgan fingerprint density at radius 2 is 1.17 bits per heavy atom. The molecule has 0 saturated carbocycles. The molecule has 0 fully saturated rings. The molecule has 0 aliphatic carbocycles. The molecule has 6 N–H and O–H groups in total. The van der Waals surface area contributed by atoms with Crippen LogP contribution in [0.25, 0.3) is 0 Å². The van der Waals surface area contributed by atoms with Crippen molar-refractivity contribution >= 4 is 25.7 Å². The summed E-state index contributed by atoms with van der Waals surface area (Å²) in [5.41, 5.74) is 5.31. The van der Waals surface area contributed by atoms with Gasteiger partial charge in [-0.15, -0.1) is 0 Å². The van der Waals surface area contributed by atoms with E-state index in [0.29, 0.717) is 19.3 Å². The van der Waals surface area contributed by atoms with E-state index in [1.165, 1.54) is 32.1 Å². The molecule has 0 aromatic carbocycles. The van der Waals surface area contributed by atoms with Crippen LogP contribution in [0.5, 0.6) is 0 Å². The minimum atomic E-state index is -4.78. The summed E-state index contributed by atoms with van der Waals surface area (Å²) in [6.45, 7) is 2.43. The van der Waals surface area contributed by atoms with Gasteiger partial charge >= 0.3 is 25.7 Å². The van der Waals surface area contributed by atoms with Gasteiger partial charge in [-0.25, -0.2) is 4.57 Å². The number of phosphoric ester groups is 1. The highest BCUT2D eigenvalue weighted by Crippen LogP contribution is 2.43. The maximum absolute atomic E-state index is 12.6. The molecule has 0 aromatic rings. The summed E-state index contributed by atoms with van der Waals surface area (Å²) in [5, 5.41) is 29.1. The summed E-state index contributed by atoms with van der Waals surface area (Å²) >= 11 is 0. The monoisotopic (exact) mass is 839 g/mol. The van der Waals surface area contributed by atoms with Crippen LogP contribution in [-0.2, 0) is 37.5 Å². The molecule has 0 amide bonds. The van der Waals surface area contributed by atoms with Crippen molar-refractivity contribution in [1.29, 1.82) is 0 Å². The number of phosphoric acid groups is 1. The molecule has 0 bridgehead atoms. The van der Waals surface area contributed by atoms with Gasteiger partial charge in [0.05, 0.1) is 25.4 Å². The van der Waals surface area contributed by atoms with Crippen molar-refractivity contribution in [3.8, 4) is 0 Å². The molecular formula is C44H74NO12P. The predicted molar refractivity (Wildman–Crippen MR) is 229 cm³/mol. The van der Waals surface area contributed by atoms with Crippen LogP contribution in [0.15, 0.2) is 72.9 Å². The summed E-state index contributed by atoms with van der Waals surface area (Å²) in [5.74, 6) is -2.68. The lowest BCUT2D eigenvalue weighted by atomic mass is 10.1. The normalized spacial score (nSPS) is 15.6. The van der Waals surface area contributed by atoms with Crippen LogP contribution in [0.2, 0.25) is 0 Å². The zero-order chi connectivity index (χ0) is 43.1. The molecule has 0 aliphatic heterocycles. The number of aliphatic carboxylic acids is 1. The number of carboxylic acid groups (broad SMARTS) is 1. The Hall–Kier alpha value is -3.16. The number of unbranched alkanes of at least 4 members (excludes halogenated alkanes) is 11. The number of carboxylic acids is 1. The Labute approximate surface area is 347 Å². The van der Waals surface area contributed by atoms with Crippen molar-refractivity contribution < 1.29 is 57.7 Å². The molecule has 1 unspecified atom stereocenters. The number of aliphatic hydroxyl groups is 2.